The Kier molecular flexibility index (Phi) is 5.59. The number of nitrogens with one attached hydrogen (secondary N) is 2. The smallest absolute Gasteiger partial charge is 0.234 e. The van der Waals surface area contributed by atoms with Crippen molar-refractivity contribution in [2.75, 3.05) is 13.1 Å². The highest BCUT2D eigenvalue weighted by molar-refractivity contribution is 5.78. The maximum Gasteiger partial charge on any atom is 0.234 e. The number of benzene rings is 1. The van der Waals surface area contributed by atoms with E-state index >= 15 is 0 Å². The highest BCUT2D eigenvalue weighted by Crippen LogP contribution is 2.18. The lowest BCUT2D eigenvalue weighted by atomic mass is 10.00. The quantitative estimate of drug-likeness (QED) is 0.597. The molecule has 3 nitrogen and oxygen atoms in total. The topological polar surface area (TPSA) is 41.1 Å². The molecule has 1 atom stereocenters. The zero-order chi connectivity index (χ0) is 13.5. The summed E-state index contributed by atoms with van der Waals surface area (Å²) in [5.41, 5.74) is 3.58. The van der Waals surface area contributed by atoms with Crippen molar-refractivity contribution < 1.29 is 4.79 Å². The summed E-state index contributed by atoms with van der Waals surface area (Å²) in [6, 6.07) is 6.32. The Morgan fingerprint density at radius 1 is 1.44 bits per heavy atom. The van der Waals surface area contributed by atoms with E-state index in [-0.39, 0.29) is 11.9 Å². The van der Waals surface area contributed by atoms with Gasteiger partial charge in [-0.05, 0) is 31.9 Å². The SMILES string of the molecule is C=CCNCC(=O)NC(C)c1cc(C)ccc1C. The Balaban J connectivity index is 2.58. The van der Waals surface area contributed by atoms with Gasteiger partial charge in [0.2, 0.25) is 5.91 Å². The van der Waals surface area contributed by atoms with Crippen molar-refractivity contribution in [2.45, 2.75) is 26.8 Å². The zero-order valence-electron chi connectivity index (χ0n) is 11.4. The molecule has 1 aromatic carbocycles. The van der Waals surface area contributed by atoms with Gasteiger partial charge in [0.05, 0.1) is 12.6 Å². The Morgan fingerprint density at radius 3 is 2.83 bits per heavy atom. The third-order valence-electron chi connectivity index (χ3n) is 2.85. The maximum atomic E-state index is 11.7. The van der Waals surface area contributed by atoms with E-state index in [1.54, 1.807) is 6.08 Å². The number of aryl methyl sites for hydroxylation is 2. The van der Waals surface area contributed by atoms with Gasteiger partial charge in [0.1, 0.15) is 0 Å². The molecule has 1 unspecified atom stereocenters. The molecule has 0 radical (unpaired) electrons. The van der Waals surface area contributed by atoms with Crippen LogP contribution in [0, 0.1) is 13.8 Å². The summed E-state index contributed by atoms with van der Waals surface area (Å²) in [5, 5.41) is 5.97. The van der Waals surface area contributed by atoms with Crippen LogP contribution in [0.25, 0.3) is 0 Å². The summed E-state index contributed by atoms with van der Waals surface area (Å²) >= 11 is 0. The summed E-state index contributed by atoms with van der Waals surface area (Å²) in [6.07, 6.45) is 1.74. The van der Waals surface area contributed by atoms with Gasteiger partial charge in [-0.1, -0.05) is 29.8 Å². The number of carbonyl (C=O) groups is 1. The van der Waals surface area contributed by atoms with Crippen LogP contribution in [0.1, 0.15) is 29.7 Å². The molecule has 0 aromatic heterocycles. The van der Waals surface area contributed by atoms with Gasteiger partial charge < -0.3 is 10.6 Å². The molecule has 1 rings (SSSR count). The van der Waals surface area contributed by atoms with Crippen molar-refractivity contribution >= 4 is 5.91 Å². The van der Waals surface area contributed by atoms with Gasteiger partial charge in [0.15, 0.2) is 0 Å². The molecule has 0 saturated carbocycles. The Bertz CT molecular complexity index is 427. The maximum absolute atomic E-state index is 11.7. The van der Waals surface area contributed by atoms with Gasteiger partial charge in [-0.25, -0.2) is 0 Å². The Hall–Kier alpha value is -1.61. The molecule has 0 spiro atoms. The number of carbonyl (C=O) groups excluding carboxylic acids is 1. The normalized spacial score (nSPS) is 11.9. The van der Waals surface area contributed by atoms with Crippen LogP contribution in [0.4, 0.5) is 0 Å². The van der Waals surface area contributed by atoms with Crippen molar-refractivity contribution in [2.24, 2.45) is 0 Å². The second kappa shape index (κ2) is 6.97. The number of amides is 1. The predicted octanol–water partition coefficient (Wildman–Crippen LogP) is 2.26. The molecule has 0 fully saturated rings. The molecule has 1 aromatic rings. The van der Waals surface area contributed by atoms with Gasteiger partial charge >= 0.3 is 0 Å². The molecule has 0 heterocycles. The summed E-state index contributed by atoms with van der Waals surface area (Å²) < 4.78 is 0. The summed E-state index contributed by atoms with van der Waals surface area (Å²) in [5.74, 6) is 0.00487. The molecule has 1 amide bonds. The second-order valence-corrected chi connectivity index (χ2v) is 4.57. The van der Waals surface area contributed by atoms with E-state index in [1.807, 2.05) is 6.92 Å². The van der Waals surface area contributed by atoms with Crippen LogP contribution in [0.2, 0.25) is 0 Å². The van der Waals surface area contributed by atoms with Crippen molar-refractivity contribution in [1.29, 1.82) is 0 Å². The first kappa shape index (κ1) is 14.5. The van der Waals surface area contributed by atoms with Crippen LogP contribution >= 0.6 is 0 Å². The van der Waals surface area contributed by atoms with E-state index in [0.29, 0.717) is 13.1 Å². The van der Waals surface area contributed by atoms with Gasteiger partial charge in [0.25, 0.3) is 0 Å². The lowest BCUT2D eigenvalue weighted by molar-refractivity contribution is -0.120. The molecule has 0 saturated heterocycles. The molecular formula is C15H22N2O. The van der Waals surface area contributed by atoms with Crippen molar-refractivity contribution in [3.05, 3.63) is 47.5 Å². The zero-order valence-corrected chi connectivity index (χ0v) is 11.4. The van der Waals surface area contributed by atoms with E-state index in [0.717, 1.165) is 0 Å². The monoisotopic (exact) mass is 246 g/mol. The summed E-state index contributed by atoms with van der Waals surface area (Å²) in [6.45, 7) is 10.7. The van der Waals surface area contributed by atoms with Gasteiger partial charge in [-0.3, -0.25) is 4.79 Å². The first-order valence-electron chi connectivity index (χ1n) is 6.22. The minimum atomic E-state index is 0.00487. The lowest BCUT2D eigenvalue weighted by Crippen LogP contribution is -2.35. The predicted molar refractivity (Wildman–Crippen MR) is 75.5 cm³/mol. The van der Waals surface area contributed by atoms with Crippen molar-refractivity contribution in [3.8, 4) is 0 Å². The van der Waals surface area contributed by atoms with Gasteiger partial charge in [0, 0.05) is 6.54 Å². The van der Waals surface area contributed by atoms with E-state index in [4.69, 9.17) is 0 Å². The Morgan fingerprint density at radius 2 is 2.17 bits per heavy atom. The van der Waals surface area contributed by atoms with Crippen LogP contribution in [0.5, 0.6) is 0 Å². The van der Waals surface area contributed by atoms with E-state index in [2.05, 4.69) is 49.3 Å². The third-order valence-corrected chi connectivity index (χ3v) is 2.85. The second-order valence-electron chi connectivity index (χ2n) is 4.57. The fourth-order valence-electron chi connectivity index (χ4n) is 1.88. The van der Waals surface area contributed by atoms with Crippen LogP contribution in [0.15, 0.2) is 30.9 Å². The largest absolute Gasteiger partial charge is 0.348 e. The summed E-state index contributed by atoms with van der Waals surface area (Å²) in [4.78, 5) is 11.7. The first-order valence-corrected chi connectivity index (χ1v) is 6.22. The number of hydrogen-bond acceptors (Lipinski definition) is 2. The summed E-state index contributed by atoms with van der Waals surface area (Å²) in [7, 11) is 0. The molecule has 0 aliphatic carbocycles. The standard InChI is InChI=1S/C15H22N2O/c1-5-8-16-10-15(18)17-13(4)14-9-11(2)6-7-12(14)3/h5-7,9,13,16H,1,8,10H2,2-4H3,(H,17,18). The average molecular weight is 246 g/mol. The molecule has 0 bridgehead atoms. The molecule has 98 valence electrons. The minimum Gasteiger partial charge on any atom is -0.348 e. The molecular weight excluding hydrogens is 224 g/mol. The lowest BCUT2D eigenvalue weighted by Gasteiger charge is -2.17. The van der Waals surface area contributed by atoms with Gasteiger partial charge in [-0.15, -0.1) is 6.58 Å². The Labute approximate surface area is 109 Å². The number of rotatable bonds is 6. The first-order chi connectivity index (χ1) is 8.54. The molecule has 0 aliphatic rings. The van der Waals surface area contributed by atoms with Crippen LogP contribution in [0.3, 0.4) is 0 Å². The van der Waals surface area contributed by atoms with E-state index in [1.165, 1.54) is 16.7 Å². The fourth-order valence-corrected chi connectivity index (χ4v) is 1.88. The van der Waals surface area contributed by atoms with E-state index in [9.17, 15) is 4.79 Å². The molecule has 3 heteroatoms. The van der Waals surface area contributed by atoms with Crippen LogP contribution < -0.4 is 10.6 Å². The van der Waals surface area contributed by atoms with E-state index < -0.39 is 0 Å². The van der Waals surface area contributed by atoms with Gasteiger partial charge in [-0.2, -0.15) is 0 Å². The molecule has 0 aliphatic heterocycles. The minimum absolute atomic E-state index is 0.00487. The third kappa shape index (κ3) is 4.34. The molecule has 18 heavy (non-hydrogen) atoms. The fraction of sp³-hybridized carbons (Fsp3) is 0.400. The van der Waals surface area contributed by atoms with Crippen molar-refractivity contribution in [3.63, 3.8) is 0 Å². The van der Waals surface area contributed by atoms with Crippen molar-refractivity contribution in [1.82, 2.24) is 10.6 Å². The van der Waals surface area contributed by atoms with Crippen LogP contribution in [-0.2, 0) is 4.79 Å². The average Bonchev–Trinajstić information content (AvgIpc) is 2.32. The highest BCUT2D eigenvalue weighted by atomic mass is 16.1. The van der Waals surface area contributed by atoms with Crippen LogP contribution in [-0.4, -0.2) is 19.0 Å². The molecule has 2 N–H and O–H groups in total. The number of hydrogen-bond donors (Lipinski definition) is 2. The highest BCUT2D eigenvalue weighted by Gasteiger charge is 2.11.